The van der Waals surface area contributed by atoms with Gasteiger partial charge in [-0.05, 0) is 52.4 Å². The molecule has 0 fully saturated rings. The van der Waals surface area contributed by atoms with Crippen LogP contribution in [0.3, 0.4) is 0 Å². The lowest BCUT2D eigenvalue weighted by atomic mass is 10.0. The van der Waals surface area contributed by atoms with Gasteiger partial charge in [-0.1, -0.05) is 24.3 Å². The predicted octanol–water partition coefficient (Wildman–Crippen LogP) is 2.76. The lowest BCUT2D eigenvalue weighted by Gasteiger charge is -2.18. The van der Waals surface area contributed by atoms with E-state index in [1.807, 2.05) is 24.3 Å². The quantitative estimate of drug-likeness (QED) is 0.507. The molecule has 7 heteroatoms. The van der Waals surface area contributed by atoms with Gasteiger partial charge in [0.25, 0.3) is 5.91 Å². The maximum absolute atomic E-state index is 12.7. The maximum atomic E-state index is 12.7. The molecule has 0 saturated heterocycles. The molecule has 2 aromatic carbocycles. The molecule has 0 aliphatic carbocycles. The molecule has 0 heterocycles. The van der Waals surface area contributed by atoms with Crippen LogP contribution in [0.1, 0.15) is 22.8 Å². The Bertz CT molecular complexity index is 805. The second-order valence-electron chi connectivity index (χ2n) is 5.61. The van der Waals surface area contributed by atoms with Gasteiger partial charge in [0, 0.05) is 16.9 Å². The molecule has 2 amide bonds. The van der Waals surface area contributed by atoms with Gasteiger partial charge in [0.05, 0.1) is 18.4 Å². The van der Waals surface area contributed by atoms with E-state index in [2.05, 4.69) is 33.2 Å². The summed E-state index contributed by atoms with van der Waals surface area (Å²) >= 11 is 2.20. The average Bonchev–Trinajstić information content (AvgIpc) is 2.62. The van der Waals surface area contributed by atoms with Crippen molar-refractivity contribution < 1.29 is 19.1 Å². The lowest BCUT2D eigenvalue weighted by molar-refractivity contribution is -0.142. The van der Waals surface area contributed by atoms with Crippen molar-refractivity contribution in [2.45, 2.75) is 19.4 Å². The van der Waals surface area contributed by atoms with Crippen molar-refractivity contribution in [2.24, 2.45) is 0 Å². The molecule has 2 N–H and O–H groups in total. The van der Waals surface area contributed by atoms with Crippen molar-refractivity contribution in [3.05, 3.63) is 63.2 Å². The van der Waals surface area contributed by atoms with Crippen LogP contribution in [0.2, 0.25) is 0 Å². The summed E-state index contributed by atoms with van der Waals surface area (Å²) < 4.78 is 5.89. The van der Waals surface area contributed by atoms with Crippen molar-refractivity contribution in [2.75, 3.05) is 12.4 Å². The minimum absolute atomic E-state index is 0.277. The smallest absolute Gasteiger partial charge is 0.328 e. The van der Waals surface area contributed by atoms with E-state index >= 15 is 0 Å². The average molecular weight is 466 g/mol. The number of rotatable bonds is 6. The first-order valence-corrected chi connectivity index (χ1v) is 8.98. The van der Waals surface area contributed by atoms with E-state index in [1.54, 1.807) is 24.3 Å². The minimum atomic E-state index is -0.835. The van der Waals surface area contributed by atoms with Gasteiger partial charge >= 0.3 is 5.97 Å². The van der Waals surface area contributed by atoms with Crippen LogP contribution in [0, 0.1) is 3.57 Å². The third kappa shape index (κ3) is 5.55. The molecular formula is C19H19IN2O4. The van der Waals surface area contributed by atoms with E-state index in [1.165, 1.54) is 14.0 Å². The van der Waals surface area contributed by atoms with Crippen LogP contribution in [0.4, 0.5) is 5.69 Å². The van der Waals surface area contributed by atoms with Crippen LogP contribution in [0.15, 0.2) is 48.5 Å². The molecule has 26 heavy (non-hydrogen) atoms. The normalized spacial score (nSPS) is 11.3. The van der Waals surface area contributed by atoms with Crippen molar-refractivity contribution in [3.8, 4) is 0 Å². The van der Waals surface area contributed by atoms with Crippen molar-refractivity contribution in [1.29, 1.82) is 0 Å². The first-order valence-electron chi connectivity index (χ1n) is 7.90. The molecule has 0 aliphatic heterocycles. The Balaban J connectivity index is 2.20. The number of carbonyl (C=O) groups excluding carboxylic acids is 3. The number of benzene rings is 2. The standard InChI is InChI=1S/C19H19IN2O4/c1-12(23)21-16-6-4-3-5-15(16)18(24)22-17(19(25)26-2)11-13-7-9-14(20)10-8-13/h3-10,17H,11H2,1-2H3,(H,21,23)(H,22,24)/t17-/m0/s1. The third-order valence-electron chi connectivity index (χ3n) is 3.63. The predicted molar refractivity (Wildman–Crippen MR) is 107 cm³/mol. The molecule has 0 saturated carbocycles. The highest BCUT2D eigenvalue weighted by molar-refractivity contribution is 14.1. The van der Waals surface area contributed by atoms with Crippen LogP contribution in [-0.2, 0) is 20.7 Å². The molecule has 2 aromatic rings. The molecule has 6 nitrogen and oxygen atoms in total. The fourth-order valence-electron chi connectivity index (χ4n) is 2.41. The molecule has 0 bridgehead atoms. The highest BCUT2D eigenvalue weighted by Crippen LogP contribution is 2.16. The van der Waals surface area contributed by atoms with Crippen LogP contribution in [0.25, 0.3) is 0 Å². The zero-order valence-electron chi connectivity index (χ0n) is 14.4. The number of hydrogen-bond donors (Lipinski definition) is 2. The molecule has 1 atom stereocenters. The maximum Gasteiger partial charge on any atom is 0.328 e. The molecular weight excluding hydrogens is 447 g/mol. The van der Waals surface area contributed by atoms with Crippen molar-refractivity contribution >= 4 is 46.1 Å². The number of ether oxygens (including phenoxy) is 1. The van der Waals surface area contributed by atoms with Gasteiger partial charge in [-0.2, -0.15) is 0 Å². The highest BCUT2D eigenvalue weighted by Gasteiger charge is 2.23. The number of para-hydroxylation sites is 1. The Kier molecular flexibility index (Phi) is 7.14. The molecule has 136 valence electrons. The Hall–Kier alpha value is -2.42. The van der Waals surface area contributed by atoms with Crippen LogP contribution in [-0.4, -0.2) is 30.9 Å². The Morgan fingerprint density at radius 2 is 1.73 bits per heavy atom. The topological polar surface area (TPSA) is 84.5 Å². The van der Waals surface area contributed by atoms with E-state index in [4.69, 9.17) is 4.74 Å². The molecule has 2 rings (SSSR count). The SMILES string of the molecule is COC(=O)[C@H](Cc1ccc(I)cc1)NC(=O)c1ccccc1NC(C)=O. The van der Waals surface area contributed by atoms with Gasteiger partial charge in [0.2, 0.25) is 5.91 Å². The number of hydrogen-bond acceptors (Lipinski definition) is 4. The third-order valence-corrected chi connectivity index (χ3v) is 4.35. The van der Waals surface area contributed by atoms with E-state index < -0.39 is 17.9 Å². The number of methoxy groups -OCH3 is 1. The molecule has 0 unspecified atom stereocenters. The Morgan fingerprint density at radius 1 is 1.08 bits per heavy atom. The minimum Gasteiger partial charge on any atom is -0.467 e. The number of carbonyl (C=O) groups is 3. The summed E-state index contributed by atoms with van der Waals surface area (Å²) in [6.07, 6.45) is 0.303. The van der Waals surface area contributed by atoms with Crippen LogP contribution in [0.5, 0.6) is 0 Å². The second kappa shape index (κ2) is 9.33. The summed E-state index contributed by atoms with van der Waals surface area (Å²) in [6, 6.07) is 13.4. The summed E-state index contributed by atoms with van der Waals surface area (Å²) in [5.41, 5.74) is 1.56. The van der Waals surface area contributed by atoms with Crippen LogP contribution < -0.4 is 10.6 Å². The Labute approximate surface area is 165 Å². The van der Waals surface area contributed by atoms with Crippen LogP contribution >= 0.6 is 22.6 Å². The number of nitrogens with one attached hydrogen (secondary N) is 2. The number of anilines is 1. The summed E-state index contributed by atoms with van der Waals surface area (Å²) in [5.74, 6) is -1.28. The monoisotopic (exact) mass is 466 g/mol. The van der Waals surface area contributed by atoms with Gasteiger partial charge in [-0.15, -0.1) is 0 Å². The van der Waals surface area contributed by atoms with E-state index in [0.717, 1.165) is 9.13 Å². The zero-order chi connectivity index (χ0) is 19.1. The van der Waals surface area contributed by atoms with Gasteiger partial charge in [0.15, 0.2) is 0 Å². The zero-order valence-corrected chi connectivity index (χ0v) is 16.6. The fourth-order valence-corrected chi connectivity index (χ4v) is 2.77. The lowest BCUT2D eigenvalue weighted by Crippen LogP contribution is -2.43. The fraction of sp³-hybridized carbons (Fsp3) is 0.211. The highest BCUT2D eigenvalue weighted by atomic mass is 127. The van der Waals surface area contributed by atoms with Gasteiger partial charge in [-0.25, -0.2) is 4.79 Å². The largest absolute Gasteiger partial charge is 0.467 e. The molecule has 0 aromatic heterocycles. The van der Waals surface area contributed by atoms with Gasteiger partial charge < -0.3 is 15.4 Å². The van der Waals surface area contributed by atoms with E-state index in [0.29, 0.717) is 12.1 Å². The van der Waals surface area contributed by atoms with Gasteiger partial charge in [-0.3, -0.25) is 9.59 Å². The van der Waals surface area contributed by atoms with E-state index in [-0.39, 0.29) is 11.5 Å². The molecule has 0 radical (unpaired) electrons. The first-order chi connectivity index (χ1) is 12.4. The summed E-state index contributed by atoms with van der Waals surface area (Å²) in [7, 11) is 1.28. The second-order valence-corrected chi connectivity index (χ2v) is 6.85. The van der Waals surface area contributed by atoms with Gasteiger partial charge in [0.1, 0.15) is 6.04 Å². The van der Waals surface area contributed by atoms with E-state index in [9.17, 15) is 14.4 Å². The first kappa shape index (κ1) is 19.9. The number of halogens is 1. The molecule has 0 spiro atoms. The number of amides is 2. The van der Waals surface area contributed by atoms with Crippen molar-refractivity contribution in [1.82, 2.24) is 5.32 Å². The molecule has 0 aliphatic rings. The summed E-state index contributed by atoms with van der Waals surface area (Å²) in [5, 5.41) is 5.30. The summed E-state index contributed by atoms with van der Waals surface area (Å²) in [4.78, 5) is 36.1. The summed E-state index contributed by atoms with van der Waals surface area (Å²) in [6.45, 7) is 1.36. The van der Waals surface area contributed by atoms with Crippen molar-refractivity contribution in [3.63, 3.8) is 0 Å². The number of esters is 1. The Morgan fingerprint density at radius 3 is 2.35 bits per heavy atom.